The van der Waals surface area contributed by atoms with Gasteiger partial charge in [-0.3, -0.25) is 4.79 Å². The first kappa shape index (κ1) is 11.7. The summed E-state index contributed by atoms with van der Waals surface area (Å²) < 4.78 is 0. The highest BCUT2D eigenvalue weighted by atomic mass is 16.3. The summed E-state index contributed by atoms with van der Waals surface area (Å²) in [6.07, 6.45) is 0. The molecular formula is C12H17NO2. The van der Waals surface area contributed by atoms with Gasteiger partial charge < -0.3 is 10.4 Å². The Morgan fingerprint density at radius 2 is 1.80 bits per heavy atom. The van der Waals surface area contributed by atoms with Gasteiger partial charge in [0.15, 0.2) is 0 Å². The Hall–Kier alpha value is -1.35. The molecule has 0 spiro atoms. The van der Waals surface area contributed by atoms with E-state index in [4.69, 9.17) is 5.11 Å². The molecule has 0 atom stereocenters. The molecule has 1 amide bonds. The highest BCUT2D eigenvalue weighted by Gasteiger charge is 2.20. The van der Waals surface area contributed by atoms with E-state index in [1.54, 1.807) is 24.3 Å². The standard InChI is InChI=1S/C12H17NO2/c1-12(2,3)11(15)13-10-6-4-9(8-14)5-7-10/h4-7,14H,8H2,1-3H3,(H,13,15). The molecule has 1 rings (SSSR count). The van der Waals surface area contributed by atoms with Crippen molar-refractivity contribution in [3.63, 3.8) is 0 Å². The monoisotopic (exact) mass is 207 g/mol. The Kier molecular flexibility index (Phi) is 3.48. The Balaban J connectivity index is 2.70. The number of amides is 1. The lowest BCUT2D eigenvalue weighted by Crippen LogP contribution is -2.27. The maximum atomic E-state index is 11.6. The fourth-order valence-electron chi connectivity index (χ4n) is 1.01. The number of carbonyl (C=O) groups excluding carboxylic acids is 1. The molecular weight excluding hydrogens is 190 g/mol. The van der Waals surface area contributed by atoms with E-state index < -0.39 is 5.41 Å². The van der Waals surface area contributed by atoms with E-state index in [0.717, 1.165) is 11.3 Å². The second kappa shape index (κ2) is 4.45. The van der Waals surface area contributed by atoms with Gasteiger partial charge in [0.1, 0.15) is 0 Å². The summed E-state index contributed by atoms with van der Waals surface area (Å²) >= 11 is 0. The molecule has 0 aliphatic rings. The zero-order valence-corrected chi connectivity index (χ0v) is 9.37. The number of anilines is 1. The molecule has 3 nitrogen and oxygen atoms in total. The summed E-state index contributed by atoms with van der Waals surface area (Å²) in [6, 6.07) is 7.15. The minimum Gasteiger partial charge on any atom is -0.392 e. The molecule has 0 bridgehead atoms. The van der Waals surface area contributed by atoms with E-state index in [1.807, 2.05) is 20.8 Å². The van der Waals surface area contributed by atoms with E-state index >= 15 is 0 Å². The van der Waals surface area contributed by atoms with Crippen LogP contribution in [0.15, 0.2) is 24.3 Å². The Morgan fingerprint density at radius 1 is 1.27 bits per heavy atom. The van der Waals surface area contributed by atoms with Gasteiger partial charge >= 0.3 is 0 Å². The van der Waals surface area contributed by atoms with Crippen LogP contribution in [0.5, 0.6) is 0 Å². The maximum Gasteiger partial charge on any atom is 0.229 e. The molecule has 0 aromatic heterocycles. The average molecular weight is 207 g/mol. The number of benzene rings is 1. The van der Waals surface area contributed by atoms with Gasteiger partial charge in [0.2, 0.25) is 5.91 Å². The Bertz CT molecular complexity index is 336. The molecule has 0 heterocycles. The predicted molar refractivity (Wildman–Crippen MR) is 60.4 cm³/mol. The topological polar surface area (TPSA) is 49.3 Å². The number of aliphatic hydroxyl groups is 1. The van der Waals surface area contributed by atoms with E-state index in [9.17, 15) is 4.79 Å². The third-order valence-electron chi connectivity index (χ3n) is 2.08. The van der Waals surface area contributed by atoms with E-state index in [2.05, 4.69) is 5.32 Å². The van der Waals surface area contributed by atoms with Crippen LogP contribution in [-0.4, -0.2) is 11.0 Å². The van der Waals surface area contributed by atoms with Crippen LogP contribution < -0.4 is 5.32 Å². The number of rotatable bonds is 2. The van der Waals surface area contributed by atoms with Gasteiger partial charge in [0.25, 0.3) is 0 Å². The van der Waals surface area contributed by atoms with Gasteiger partial charge in [-0.05, 0) is 17.7 Å². The molecule has 0 aliphatic heterocycles. The second-order valence-electron chi connectivity index (χ2n) is 4.56. The lowest BCUT2D eigenvalue weighted by molar-refractivity contribution is -0.123. The fourth-order valence-corrected chi connectivity index (χ4v) is 1.01. The van der Waals surface area contributed by atoms with Crippen molar-refractivity contribution in [1.82, 2.24) is 0 Å². The number of aliphatic hydroxyl groups excluding tert-OH is 1. The van der Waals surface area contributed by atoms with Crippen LogP contribution in [0.3, 0.4) is 0 Å². The van der Waals surface area contributed by atoms with Crippen molar-refractivity contribution in [2.75, 3.05) is 5.32 Å². The van der Waals surface area contributed by atoms with Crippen molar-refractivity contribution in [3.05, 3.63) is 29.8 Å². The summed E-state index contributed by atoms with van der Waals surface area (Å²) in [5.41, 5.74) is 1.20. The van der Waals surface area contributed by atoms with Crippen LogP contribution in [-0.2, 0) is 11.4 Å². The van der Waals surface area contributed by atoms with Crippen molar-refractivity contribution in [1.29, 1.82) is 0 Å². The van der Waals surface area contributed by atoms with Crippen LogP contribution in [0.1, 0.15) is 26.3 Å². The third kappa shape index (κ3) is 3.36. The first-order valence-electron chi connectivity index (χ1n) is 4.95. The molecule has 0 saturated carbocycles. The van der Waals surface area contributed by atoms with Crippen LogP contribution in [0, 0.1) is 5.41 Å². The van der Waals surface area contributed by atoms with Crippen molar-refractivity contribution >= 4 is 11.6 Å². The minimum absolute atomic E-state index is 0.0146. The summed E-state index contributed by atoms with van der Waals surface area (Å²) in [7, 11) is 0. The number of nitrogens with one attached hydrogen (secondary N) is 1. The smallest absolute Gasteiger partial charge is 0.229 e. The first-order valence-corrected chi connectivity index (χ1v) is 4.95. The zero-order chi connectivity index (χ0) is 11.5. The van der Waals surface area contributed by atoms with Gasteiger partial charge in [0.05, 0.1) is 6.61 Å². The molecule has 0 fully saturated rings. The first-order chi connectivity index (χ1) is 6.93. The quantitative estimate of drug-likeness (QED) is 0.780. The van der Waals surface area contributed by atoms with Crippen LogP contribution in [0.2, 0.25) is 0 Å². The summed E-state index contributed by atoms with van der Waals surface area (Å²) in [5.74, 6) is -0.0146. The molecule has 1 aromatic rings. The highest BCUT2D eigenvalue weighted by molar-refractivity contribution is 5.94. The summed E-state index contributed by atoms with van der Waals surface area (Å²) in [4.78, 5) is 11.6. The molecule has 1 aromatic carbocycles. The molecule has 0 radical (unpaired) electrons. The van der Waals surface area contributed by atoms with Crippen molar-refractivity contribution < 1.29 is 9.90 Å². The van der Waals surface area contributed by atoms with Crippen LogP contribution in [0.4, 0.5) is 5.69 Å². The molecule has 0 aliphatic carbocycles. The van der Waals surface area contributed by atoms with Gasteiger partial charge in [-0.2, -0.15) is 0 Å². The Labute approximate surface area is 90.1 Å². The summed E-state index contributed by atoms with van der Waals surface area (Å²) in [6.45, 7) is 5.62. The largest absolute Gasteiger partial charge is 0.392 e. The number of hydrogen-bond acceptors (Lipinski definition) is 2. The van der Waals surface area contributed by atoms with Crippen LogP contribution in [0.25, 0.3) is 0 Å². The zero-order valence-electron chi connectivity index (χ0n) is 9.37. The molecule has 2 N–H and O–H groups in total. The van der Waals surface area contributed by atoms with E-state index in [1.165, 1.54) is 0 Å². The van der Waals surface area contributed by atoms with Crippen LogP contribution >= 0.6 is 0 Å². The summed E-state index contributed by atoms with van der Waals surface area (Å²) in [5, 5.41) is 11.7. The molecule has 0 saturated heterocycles. The molecule has 15 heavy (non-hydrogen) atoms. The normalized spacial score (nSPS) is 11.2. The SMILES string of the molecule is CC(C)(C)C(=O)Nc1ccc(CO)cc1. The minimum atomic E-state index is -0.393. The van der Waals surface area contributed by atoms with Crippen molar-refractivity contribution in [2.24, 2.45) is 5.41 Å². The van der Waals surface area contributed by atoms with Gasteiger partial charge in [-0.25, -0.2) is 0 Å². The van der Waals surface area contributed by atoms with Gasteiger partial charge in [0, 0.05) is 11.1 Å². The second-order valence-corrected chi connectivity index (χ2v) is 4.56. The highest BCUT2D eigenvalue weighted by Crippen LogP contribution is 2.17. The molecule has 82 valence electrons. The maximum absolute atomic E-state index is 11.6. The number of carbonyl (C=O) groups is 1. The lowest BCUT2D eigenvalue weighted by atomic mass is 9.95. The third-order valence-corrected chi connectivity index (χ3v) is 2.08. The van der Waals surface area contributed by atoms with Gasteiger partial charge in [-0.1, -0.05) is 32.9 Å². The Morgan fingerprint density at radius 3 is 2.20 bits per heavy atom. The molecule has 0 unspecified atom stereocenters. The molecule has 3 heteroatoms. The van der Waals surface area contributed by atoms with Gasteiger partial charge in [-0.15, -0.1) is 0 Å². The van der Waals surface area contributed by atoms with Crippen molar-refractivity contribution in [2.45, 2.75) is 27.4 Å². The number of hydrogen-bond donors (Lipinski definition) is 2. The predicted octanol–water partition coefficient (Wildman–Crippen LogP) is 2.16. The van der Waals surface area contributed by atoms with E-state index in [0.29, 0.717) is 0 Å². The van der Waals surface area contributed by atoms with E-state index in [-0.39, 0.29) is 12.5 Å². The van der Waals surface area contributed by atoms with Crippen molar-refractivity contribution in [3.8, 4) is 0 Å². The fraction of sp³-hybridized carbons (Fsp3) is 0.417. The average Bonchev–Trinajstić information content (AvgIpc) is 2.17. The lowest BCUT2D eigenvalue weighted by Gasteiger charge is -2.17.